The van der Waals surface area contributed by atoms with Crippen molar-refractivity contribution < 1.29 is 14.3 Å². The standard InChI is InChI=1S/C14H24N2O3/c1-5-8-14(10-15)11(17)7-6-9-16(14)12(18)19-13(2,3)4/h5H,1,6-10,15H2,2-4H3/t14-/m1/s1. The number of hydrogen-bond donors (Lipinski definition) is 1. The minimum atomic E-state index is -0.984. The third-order valence-electron chi connectivity index (χ3n) is 3.25. The molecule has 1 rings (SSSR count). The largest absolute Gasteiger partial charge is 0.444 e. The number of nitrogens with zero attached hydrogens (tertiary/aromatic N) is 1. The van der Waals surface area contributed by atoms with E-state index in [1.807, 2.05) is 0 Å². The number of hydrogen-bond acceptors (Lipinski definition) is 4. The lowest BCUT2D eigenvalue weighted by atomic mass is 9.82. The predicted molar refractivity (Wildman–Crippen MR) is 73.8 cm³/mol. The fourth-order valence-electron chi connectivity index (χ4n) is 2.35. The lowest BCUT2D eigenvalue weighted by Crippen LogP contribution is -2.64. The summed E-state index contributed by atoms with van der Waals surface area (Å²) in [5, 5.41) is 0. The van der Waals surface area contributed by atoms with Crippen LogP contribution >= 0.6 is 0 Å². The minimum absolute atomic E-state index is 0.00740. The van der Waals surface area contributed by atoms with Crippen LogP contribution in [0.3, 0.4) is 0 Å². The highest BCUT2D eigenvalue weighted by Gasteiger charge is 2.47. The van der Waals surface area contributed by atoms with Gasteiger partial charge in [0.05, 0.1) is 0 Å². The van der Waals surface area contributed by atoms with Crippen LogP contribution in [-0.4, -0.2) is 41.0 Å². The number of ketones is 1. The van der Waals surface area contributed by atoms with Crippen LogP contribution in [0.1, 0.15) is 40.0 Å². The molecule has 1 saturated heterocycles. The van der Waals surface area contributed by atoms with E-state index in [1.54, 1.807) is 26.8 Å². The second-order valence-electron chi connectivity index (χ2n) is 5.89. The molecule has 0 saturated carbocycles. The van der Waals surface area contributed by atoms with Crippen LogP contribution in [0, 0.1) is 0 Å². The molecule has 19 heavy (non-hydrogen) atoms. The molecule has 2 N–H and O–H groups in total. The van der Waals surface area contributed by atoms with Gasteiger partial charge in [0.25, 0.3) is 0 Å². The summed E-state index contributed by atoms with van der Waals surface area (Å²) in [5.74, 6) is -0.00740. The molecule has 108 valence electrons. The highest BCUT2D eigenvalue weighted by atomic mass is 16.6. The number of piperidine rings is 1. The lowest BCUT2D eigenvalue weighted by molar-refractivity contribution is -0.134. The maximum absolute atomic E-state index is 12.3. The zero-order valence-corrected chi connectivity index (χ0v) is 12.1. The first-order chi connectivity index (χ1) is 8.77. The lowest BCUT2D eigenvalue weighted by Gasteiger charge is -2.44. The average molecular weight is 268 g/mol. The summed E-state index contributed by atoms with van der Waals surface area (Å²) in [6, 6.07) is 0. The summed E-state index contributed by atoms with van der Waals surface area (Å²) >= 11 is 0. The molecular weight excluding hydrogens is 244 g/mol. The molecule has 0 unspecified atom stereocenters. The first-order valence-electron chi connectivity index (χ1n) is 6.62. The molecule has 1 aliphatic heterocycles. The maximum atomic E-state index is 12.3. The number of nitrogens with two attached hydrogens (primary N) is 1. The topological polar surface area (TPSA) is 72.6 Å². The van der Waals surface area contributed by atoms with Gasteiger partial charge < -0.3 is 10.5 Å². The Hall–Kier alpha value is -1.36. The van der Waals surface area contributed by atoms with Crippen LogP contribution < -0.4 is 5.73 Å². The molecule has 5 heteroatoms. The average Bonchev–Trinajstić information content (AvgIpc) is 2.29. The van der Waals surface area contributed by atoms with Crippen LogP contribution in [0.5, 0.6) is 0 Å². The van der Waals surface area contributed by atoms with E-state index in [1.165, 1.54) is 4.90 Å². The van der Waals surface area contributed by atoms with Gasteiger partial charge in [-0.3, -0.25) is 9.69 Å². The first-order valence-corrected chi connectivity index (χ1v) is 6.62. The minimum Gasteiger partial charge on any atom is -0.444 e. The Labute approximate surface area is 114 Å². The van der Waals surface area contributed by atoms with Gasteiger partial charge in [-0.15, -0.1) is 6.58 Å². The summed E-state index contributed by atoms with van der Waals surface area (Å²) in [7, 11) is 0. The van der Waals surface area contributed by atoms with Crippen molar-refractivity contribution in [3.63, 3.8) is 0 Å². The van der Waals surface area contributed by atoms with Crippen molar-refractivity contribution in [3.05, 3.63) is 12.7 Å². The summed E-state index contributed by atoms with van der Waals surface area (Å²) in [6.07, 6.45) is 2.61. The monoisotopic (exact) mass is 268 g/mol. The highest BCUT2D eigenvalue weighted by Crippen LogP contribution is 2.29. The number of likely N-dealkylation sites (tertiary alicyclic amines) is 1. The fraction of sp³-hybridized carbons (Fsp3) is 0.714. The molecule has 0 bridgehead atoms. The van der Waals surface area contributed by atoms with Crippen LogP contribution in [0.25, 0.3) is 0 Å². The van der Waals surface area contributed by atoms with Gasteiger partial charge in [-0.25, -0.2) is 4.79 Å². The van der Waals surface area contributed by atoms with Crippen molar-refractivity contribution in [3.8, 4) is 0 Å². The molecule has 0 radical (unpaired) electrons. The summed E-state index contributed by atoms with van der Waals surface area (Å²) < 4.78 is 5.37. The Bertz CT molecular complexity index is 373. The second kappa shape index (κ2) is 5.74. The number of amides is 1. The van der Waals surface area contributed by atoms with Crippen molar-refractivity contribution in [1.29, 1.82) is 0 Å². The fourth-order valence-corrected chi connectivity index (χ4v) is 2.35. The van der Waals surface area contributed by atoms with Crippen molar-refractivity contribution in [2.24, 2.45) is 5.73 Å². The highest BCUT2D eigenvalue weighted by molar-refractivity contribution is 5.93. The van der Waals surface area contributed by atoms with Gasteiger partial charge in [-0.1, -0.05) is 6.08 Å². The van der Waals surface area contributed by atoms with Crippen LogP contribution in [-0.2, 0) is 9.53 Å². The molecule has 1 amide bonds. The SMILES string of the molecule is C=CC[C@@]1(CN)C(=O)CCCN1C(=O)OC(C)(C)C. The van der Waals surface area contributed by atoms with Gasteiger partial charge in [0, 0.05) is 19.5 Å². The van der Waals surface area contributed by atoms with Crippen LogP contribution in [0.4, 0.5) is 4.79 Å². The number of carbonyl (C=O) groups is 2. The molecule has 1 atom stereocenters. The van der Waals surface area contributed by atoms with Crippen LogP contribution in [0.15, 0.2) is 12.7 Å². The van der Waals surface area contributed by atoms with Gasteiger partial charge in [0.2, 0.25) is 0 Å². The molecule has 1 aliphatic rings. The molecule has 0 aromatic carbocycles. The summed E-state index contributed by atoms with van der Waals surface area (Å²) in [4.78, 5) is 26.0. The van der Waals surface area contributed by atoms with Crippen molar-refractivity contribution in [2.45, 2.75) is 51.2 Å². The molecule has 0 spiro atoms. The zero-order valence-electron chi connectivity index (χ0n) is 12.1. The Morgan fingerprint density at radius 3 is 2.68 bits per heavy atom. The van der Waals surface area contributed by atoms with E-state index < -0.39 is 17.2 Å². The van der Waals surface area contributed by atoms with Crippen molar-refractivity contribution in [2.75, 3.05) is 13.1 Å². The zero-order chi connectivity index (χ0) is 14.7. The van der Waals surface area contributed by atoms with Gasteiger partial charge in [0.15, 0.2) is 5.78 Å². The van der Waals surface area contributed by atoms with Crippen molar-refractivity contribution >= 4 is 11.9 Å². The number of rotatable bonds is 3. The first kappa shape index (κ1) is 15.7. The van der Waals surface area contributed by atoms with E-state index in [0.29, 0.717) is 25.8 Å². The Kier molecular flexibility index (Phi) is 4.74. The molecular formula is C14H24N2O3. The van der Waals surface area contributed by atoms with E-state index in [4.69, 9.17) is 10.5 Å². The van der Waals surface area contributed by atoms with E-state index in [-0.39, 0.29) is 12.3 Å². The Balaban J connectivity index is 3.03. The van der Waals surface area contributed by atoms with Gasteiger partial charge in [0.1, 0.15) is 11.1 Å². The van der Waals surface area contributed by atoms with Gasteiger partial charge in [-0.05, 0) is 33.6 Å². The van der Waals surface area contributed by atoms with E-state index >= 15 is 0 Å². The number of carbonyl (C=O) groups excluding carboxylic acids is 2. The number of ether oxygens (including phenoxy) is 1. The second-order valence-corrected chi connectivity index (χ2v) is 5.89. The van der Waals surface area contributed by atoms with E-state index in [9.17, 15) is 9.59 Å². The summed E-state index contributed by atoms with van der Waals surface area (Å²) in [5.41, 5.74) is 4.21. The number of Topliss-reactive ketones (excluding diaryl/α,β-unsaturated/α-hetero) is 1. The van der Waals surface area contributed by atoms with Gasteiger partial charge >= 0.3 is 6.09 Å². The van der Waals surface area contributed by atoms with Crippen molar-refractivity contribution in [1.82, 2.24) is 4.90 Å². The molecule has 0 aromatic rings. The Morgan fingerprint density at radius 1 is 1.58 bits per heavy atom. The molecule has 1 heterocycles. The smallest absolute Gasteiger partial charge is 0.411 e. The van der Waals surface area contributed by atoms with E-state index in [0.717, 1.165) is 0 Å². The molecule has 5 nitrogen and oxygen atoms in total. The summed E-state index contributed by atoms with van der Waals surface area (Å²) in [6.45, 7) is 9.65. The third kappa shape index (κ3) is 3.35. The molecule has 0 aromatic heterocycles. The van der Waals surface area contributed by atoms with Gasteiger partial charge in [-0.2, -0.15) is 0 Å². The molecule has 0 aliphatic carbocycles. The quantitative estimate of drug-likeness (QED) is 0.793. The van der Waals surface area contributed by atoms with Crippen LogP contribution in [0.2, 0.25) is 0 Å². The third-order valence-corrected chi connectivity index (χ3v) is 3.25. The Morgan fingerprint density at radius 2 is 2.21 bits per heavy atom. The predicted octanol–water partition coefficient (Wildman–Crippen LogP) is 1.86. The molecule has 1 fully saturated rings. The maximum Gasteiger partial charge on any atom is 0.411 e. The van der Waals surface area contributed by atoms with E-state index in [2.05, 4.69) is 6.58 Å². The normalized spacial score (nSPS) is 24.2.